The molecule has 1 N–H and O–H groups in total. The molecular weight excluding hydrogens is 457 g/mol. The predicted octanol–water partition coefficient (Wildman–Crippen LogP) is 6.00. The van der Waals surface area contributed by atoms with Crippen molar-refractivity contribution >= 4 is 27.9 Å². The third-order valence-electron chi connectivity index (χ3n) is 6.27. The lowest BCUT2D eigenvalue weighted by molar-refractivity contribution is -0.146. The van der Waals surface area contributed by atoms with E-state index in [0.29, 0.717) is 30.2 Å². The van der Waals surface area contributed by atoms with Gasteiger partial charge < -0.3 is 14.4 Å². The van der Waals surface area contributed by atoms with Gasteiger partial charge in [-0.2, -0.15) is 0 Å². The molecule has 0 amide bonds. The zero-order chi connectivity index (χ0) is 25.3. The van der Waals surface area contributed by atoms with Crippen LogP contribution in [0.5, 0.6) is 5.75 Å². The highest BCUT2D eigenvalue weighted by Crippen LogP contribution is 2.28. The lowest BCUT2D eigenvalue weighted by Gasteiger charge is -2.19. The number of fused-ring (bicyclic) bond motifs is 2. The Bertz CT molecular complexity index is 1560. The van der Waals surface area contributed by atoms with Crippen molar-refractivity contribution in [3.05, 3.63) is 102 Å². The van der Waals surface area contributed by atoms with E-state index in [1.54, 1.807) is 26.0 Å². The molecule has 182 valence electrons. The van der Waals surface area contributed by atoms with Crippen LogP contribution in [0.2, 0.25) is 0 Å². The predicted molar refractivity (Wildman–Crippen MR) is 136 cm³/mol. The SMILES string of the molecule is CC(C)(Cc1nc2cc(OCc3ccc4ccccc4n3)ccc2n1Cc1ccc(F)cc1)C(=O)O. The van der Waals surface area contributed by atoms with Crippen molar-refractivity contribution in [2.45, 2.75) is 33.4 Å². The van der Waals surface area contributed by atoms with Crippen molar-refractivity contribution in [1.82, 2.24) is 14.5 Å². The Kier molecular flexibility index (Phi) is 6.14. The minimum Gasteiger partial charge on any atom is -0.487 e. The molecule has 3 aromatic carbocycles. The summed E-state index contributed by atoms with van der Waals surface area (Å²) in [5.41, 5.74) is 3.19. The van der Waals surface area contributed by atoms with E-state index in [0.717, 1.165) is 27.7 Å². The molecule has 0 aliphatic rings. The number of aromatic nitrogens is 3. The molecule has 36 heavy (non-hydrogen) atoms. The summed E-state index contributed by atoms with van der Waals surface area (Å²) in [6.07, 6.45) is 0.245. The second-order valence-corrected chi connectivity index (χ2v) is 9.54. The standard InChI is InChI=1S/C29H26FN3O3/c1-29(2,28(34)35)16-27-32-25-15-23(36-18-22-12-9-20-5-3-4-6-24(20)31-22)13-14-26(25)33(27)17-19-7-10-21(30)11-8-19/h3-15H,16-18H2,1-2H3,(H,34,35). The molecule has 0 aliphatic carbocycles. The van der Waals surface area contributed by atoms with Gasteiger partial charge in [-0.05, 0) is 55.8 Å². The van der Waals surface area contributed by atoms with E-state index in [1.165, 1.54) is 12.1 Å². The number of benzene rings is 3. The summed E-state index contributed by atoms with van der Waals surface area (Å²) in [4.78, 5) is 21.2. The smallest absolute Gasteiger partial charge is 0.309 e. The Morgan fingerprint density at radius 3 is 2.53 bits per heavy atom. The molecule has 0 radical (unpaired) electrons. The topological polar surface area (TPSA) is 77.2 Å². The lowest BCUT2D eigenvalue weighted by atomic mass is 9.89. The maximum Gasteiger partial charge on any atom is 0.309 e. The fraction of sp³-hybridized carbons (Fsp3) is 0.207. The van der Waals surface area contributed by atoms with E-state index in [4.69, 9.17) is 9.72 Å². The maximum absolute atomic E-state index is 13.4. The van der Waals surface area contributed by atoms with Gasteiger partial charge in [0.05, 0.1) is 27.7 Å². The number of carbonyl (C=O) groups is 1. The normalized spacial score (nSPS) is 11.8. The van der Waals surface area contributed by atoms with Gasteiger partial charge in [0.1, 0.15) is 24.0 Å². The monoisotopic (exact) mass is 483 g/mol. The number of halogens is 1. The number of imidazole rings is 1. The molecule has 6 nitrogen and oxygen atoms in total. The van der Waals surface area contributed by atoms with Crippen molar-refractivity contribution in [3.8, 4) is 5.75 Å². The number of carboxylic acids is 1. The van der Waals surface area contributed by atoms with E-state index in [9.17, 15) is 14.3 Å². The zero-order valence-corrected chi connectivity index (χ0v) is 20.1. The summed E-state index contributed by atoms with van der Waals surface area (Å²) in [7, 11) is 0. The molecule has 0 bridgehead atoms. The van der Waals surface area contributed by atoms with Crippen molar-refractivity contribution in [2.24, 2.45) is 5.41 Å². The highest BCUT2D eigenvalue weighted by molar-refractivity contribution is 5.79. The van der Waals surface area contributed by atoms with Crippen LogP contribution in [0.4, 0.5) is 4.39 Å². The first-order valence-corrected chi connectivity index (χ1v) is 11.7. The Hall–Kier alpha value is -4.26. The molecule has 0 atom stereocenters. The molecule has 0 saturated carbocycles. The van der Waals surface area contributed by atoms with E-state index < -0.39 is 11.4 Å². The van der Waals surface area contributed by atoms with Crippen LogP contribution in [0.15, 0.2) is 78.9 Å². The summed E-state index contributed by atoms with van der Waals surface area (Å²) in [6.45, 7) is 4.12. The largest absolute Gasteiger partial charge is 0.487 e. The van der Waals surface area contributed by atoms with Crippen LogP contribution >= 0.6 is 0 Å². The summed E-state index contributed by atoms with van der Waals surface area (Å²) in [5.74, 6) is 0.0990. The molecule has 0 spiro atoms. The fourth-order valence-electron chi connectivity index (χ4n) is 4.15. The molecule has 0 saturated heterocycles. The molecule has 0 unspecified atom stereocenters. The van der Waals surface area contributed by atoms with Crippen LogP contribution in [0.3, 0.4) is 0 Å². The second-order valence-electron chi connectivity index (χ2n) is 9.54. The van der Waals surface area contributed by atoms with Crippen molar-refractivity contribution in [2.75, 3.05) is 0 Å². The van der Waals surface area contributed by atoms with Crippen molar-refractivity contribution in [1.29, 1.82) is 0 Å². The average Bonchev–Trinajstić information content (AvgIpc) is 3.19. The highest BCUT2D eigenvalue weighted by atomic mass is 19.1. The number of aliphatic carboxylic acids is 1. The molecule has 2 heterocycles. The summed E-state index contributed by atoms with van der Waals surface area (Å²) in [6, 6.07) is 23.8. The van der Waals surface area contributed by atoms with Crippen molar-refractivity contribution in [3.63, 3.8) is 0 Å². The van der Waals surface area contributed by atoms with E-state index in [1.807, 2.05) is 59.2 Å². The van der Waals surface area contributed by atoms with Crippen LogP contribution in [0.1, 0.15) is 30.9 Å². The van der Waals surface area contributed by atoms with Gasteiger partial charge in [-0.1, -0.05) is 36.4 Å². The summed E-state index contributed by atoms with van der Waals surface area (Å²) >= 11 is 0. The number of hydrogen-bond donors (Lipinski definition) is 1. The van der Waals surface area contributed by atoms with Gasteiger partial charge in [0.2, 0.25) is 0 Å². The van der Waals surface area contributed by atoms with Gasteiger partial charge in [-0.25, -0.2) is 14.4 Å². The van der Waals surface area contributed by atoms with Crippen LogP contribution in [-0.2, 0) is 24.4 Å². The minimum absolute atomic E-state index is 0.245. The minimum atomic E-state index is -0.997. The van der Waals surface area contributed by atoms with Crippen molar-refractivity contribution < 1.29 is 19.0 Å². The van der Waals surface area contributed by atoms with E-state index in [-0.39, 0.29) is 12.2 Å². The maximum atomic E-state index is 13.4. The Balaban J connectivity index is 1.44. The van der Waals surface area contributed by atoms with Crippen LogP contribution in [0.25, 0.3) is 21.9 Å². The van der Waals surface area contributed by atoms with Crippen LogP contribution < -0.4 is 4.74 Å². The molecule has 0 aliphatic heterocycles. The Labute approximate surface area is 208 Å². The number of rotatable bonds is 8. The summed E-state index contributed by atoms with van der Waals surface area (Å²) in [5, 5.41) is 10.7. The Morgan fingerprint density at radius 2 is 1.75 bits per heavy atom. The van der Waals surface area contributed by atoms with Gasteiger partial charge >= 0.3 is 5.97 Å². The molecule has 2 aromatic heterocycles. The molecular formula is C29H26FN3O3. The fourth-order valence-corrected chi connectivity index (χ4v) is 4.15. The van der Waals surface area contributed by atoms with Gasteiger partial charge in [0, 0.05) is 24.4 Å². The second kappa shape index (κ2) is 9.41. The molecule has 5 rings (SSSR count). The first kappa shape index (κ1) is 23.5. The van der Waals surface area contributed by atoms with Gasteiger partial charge in [-0.3, -0.25) is 4.79 Å². The van der Waals surface area contributed by atoms with Gasteiger partial charge in [-0.15, -0.1) is 0 Å². The number of nitrogens with zero attached hydrogens (tertiary/aromatic N) is 3. The Morgan fingerprint density at radius 1 is 0.972 bits per heavy atom. The molecule has 7 heteroatoms. The number of ether oxygens (including phenoxy) is 1. The lowest BCUT2D eigenvalue weighted by Crippen LogP contribution is -2.27. The number of pyridine rings is 1. The first-order valence-electron chi connectivity index (χ1n) is 11.7. The highest BCUT2D eigenvalue weighted by Gasteiger charge is 2.30. The van der Waals surface area contributed by atoms with Gasteiger partial charge in [0.15, 0.2) is 0 Å². The quantitative estimate of drug-likeness (QED) is 0.293. The van der Waals surface area contributed by atoms with E-state index >= 15 is 0 Å². The number of carboxylic acid groups (broad SMARTS) is 1. The molecule has 0 fully saturated rings. The third kappa shape index (κ3) is 4.91. The van der Waals surface area contributed by atoms with Gasteiger partial charge in [0.25, 0.3) is 0 Å². The number of hydrogen-bond acceptors (Lipinski definition) is 4. The third-order valence-corrected chi connectivity index (χ3v) is 6.27. The summed E-state index contributed by atoms with van der Waals surface area (Å²) < 4.78 is 21.4. The zero-order valence-electron chi connectivity index (χ0n) is 20.1. The molecule has 5 aromatic rings. The first-order chi connectivity index (χ1) is 17.3. The van der Waals surface area contributed by atoms with E-state index in [2.05, 4.69) is 4.98 Å². The number of para-hydroxylation sites is 1. The van der Waals surface area contributed by atoms with Crippen LogP contribution in [0, 0.1) is 11.2 Å². The average molecular weight is 484 g/mol. The van der Waals surface area contributed by atoms with Crippen LogP contribution in [-0.4, -0.2) is 25.6 Å².